The van der Waals surface area contributed by atoms with E-state index in [2.05, 4.69) is 155 Å². The summed E-state index contributed by atoms with van der Waals surface area (Å²) in [4.78, 5) is 10.5. The Bertz CT molecular complexity index is 2360. The van der Waals surface area contributed by atoms with Crippen LogP contribution in [0, 0.1) is 0 Å². The largest absolute Gasteiger partial charge is 0.228 e. The number of rotatable bonds is 3. The van der Waals surface area contributed by atoms with E-state index in [9.17, 15) is 0 Å². The highest BCUT2D eigenvalue weighted by Gasteiger charge is 2.38. The van der Waals surface area contributed by atoms with Crippen molar-refractivity contribution in [3.63, 3.8) is 0 Å². The van der Waals surface area contributed by atoms with Crippen molar-refractivity contribution < 1.29 is 0 Å². The molecule has 0 N–H and O–H groups in total. The SMILES string of the molecule is CC1(C)c2ccccc2-c2cc(-c3cc(-c4cccc5c4-c4cc6ccccc6cc4C5(C)C)nc(-c4ccccc4)n3)ccc21. The molecular weight excluding hydrogens is 556 g/mol. The van der Waals surface area contributed by atoms with E-state index < -0.39 is 0 Å². The molecule has 7 aromatic rings. The molecule has 0 unspecified atom stereocenters. The number of nitrogens with zero attached hydrogens (tertiary/aromatic N) is 2. The van der Waals surface area contributed by atoms with E-state index >= 15 is 0 Å². The Morgan fingerprint density at radius 1 is 0.391 bits per heavy atom. The lowest BCUT2D eigenvalue weighted by atomic mass is 9.81. The number of aromatic nitrogens is 2. The molecule has 220 valence electrons. The molecule has 0 fully saturated rings. The van der Waals surface area contributed by atoms with Crippen LogP contribution in [0.2, 0.25) is 0 Å². The Hall–Kier alpha value is -5.34. The van der Waals surface area contributed by atoms with E-state index in [4.69, 9.17) is 9.97 Å². The summed E-state index contributed by atoms with van der Waals surface area (Å²) in [5.74, 6) is 0.739. The van der Waals surface area contributed by atoms with E-state index in [0.717, 1.165) is 33.9 Å². The third-order valence-electron chi connectivity index (χ3n) is 10.5. The van der Waals surface area contributed by atoms with Crippen molar-refractivity contribution in [2.75, 3.05) is 0 Å². The van der Waals surface area contributed by atoms with Crippen LogP contribution in [0.25, 0.3) is 66.9 Å². The van der Waals surface area contributed by atoms with E-state index in [-0.39, 0.29) is 10.8 Å². The fourth-order valence-electron chi connectivity index (χ4n) is 8.01. The summed E-state index contributed by atoms with van der Waals surface area (Å²) in [5, 5.41) is 2.54. The minimum Gasteiger partial charge on any atom is -0.228 e. The van der Waals surface area contributed by atoms with Crippen LogP contribution in [-0.2, 0) is 10.8 Å². The minimum atomic E-state index is -0.122. The van der Waals surface area contributed by atoms with Crippen LogP contribution in [0.15, 0.2) is 133 Å². The Morgan fingerprint density at radius 3 is 1.85 bits per heavy atom. The van der Waals surface area contributed by atoms with Crippen LogP contribution in [0.3, 0.4) is 0 Å². The summed E-state index contributed by atoms with van der Waals surface area (Å²) in [5.41, 5.74) is 15.6. The molecule has 0 bridgehead atoms. The lowest BCUT2D eigenvalue weighted by Crippen LogP contribution is -2.14. The van der Waals surface area contributed by atoms with Gasteiger partial charge < -0.3 is 0 Å². The van der Waals surface area contributed by atoms with Crippen molar-refractivity contribution in [2.45, 2.75) is 38.5 Å². The molecule has 1 heterocycles. The van der Waals surface area contributed by atoms with Gasteiger partial charge in [0.1, 0.15) is 0 Å². The first-order valence-corrected chi connectivity index (χ1v) is 16.2. The first-order valence-electron chi connectivity index (χ1n) is 16.2. The zero-order valence-electron chi connectivity index (χ0n) is 26.6. The summed E-state index contributed by atoms with van der Waals surface area (Å²) in [6.07, 6.45) is 0. The number of fused-ring (bicyclic) bond motifs is 7. The quantitative estimate of drug-likeness (QED) is 0.205. The van der Waals surface area contributed by atoms with Crippen LogP contribution in [-0.4, -0.2) is 9.97 Å². The molecule has 6 aromatic carbocycles. The molecule has 0 atom stereocenters. The van der Waals surface area contributed by atoms with Crippen LogP contribution in [0.5, 0.6) is 0 Å². The smallest absolute Gasteiger partial charge is 0.160 e. The molecule has 2 heteroatoms. The van der Waals surface area contributed by atoms with Gasteiger partial charge in [0.05, 0.1) is 11.4 Å². The van der Waals surface area contributed by atoms with Crippen molar-refractivity contribution in [2.24, 2.45) is 0 Å². The highest BCUT2D eigenvalue weighted by Crippen LogP contribution is 2.53. The number of benzene rings is 6. The first-order chi connectivity index (χ1) is 22.3. The van der Waals surface area contributed by atoms with Crippen LogP contribution in [0.1, 0.15) is 49.9 Å². The van der Waals surface area contributed by atoms with Gasteiger partial charge in [0.15, 0.2) is 5.82 Å². The average molecular weight is 591 g/mol. The monoisotopic (exact) mass is 590 g/mol. The molecule has 46 heavy (non-hydrogen) atoms. The summed E-state index contributed by atoms with van der Waals surface area (Å²) in [6, 6.07) is 48.4. The highest BCUT2D eigenvalue weighted by atomic mass is 14.9. The van der Waals surface area contributed by atoms with Gasteiger partial charge in [-0.1, -0.05) is 137 Å². The molecular formula is C44H34N2. The minimum absolute atomic E-state index is 0.0363. The van der Waals surface area contributed by atoms with Crippen molar-refractivity contribution in [3.8, 4) is 56.2 Å². The lowest BCUT2D eigenvalue weighted by molar-refractivity contribution is 0.660. The molecule has 0 amide bonds. The normalized spacial score (nSPS) is 14.9. The van der Waals surface area contributed by atoms with Crippen LogP contribution < -0.4 is 0 Å². The third-order valence-corrected chi connectivity index (χ3v) is 10.5. The van der Waals surface area contributed by atoms with E-state index in [1.165, 1.54) is 55.3 Å². The second-order valence-corrected chi connectivity index (χ2v) is 13.9. The molecule has 0 spiro atoms. The second-order valence-electron chi connectivity index (χ2n) is 13.9. The van der Waals surface area contributed by atoms with E-state index in [1.807, 2.05) is 6.07 Å². The topological polar surface area (TPSA) is 25.8 Å². The second kappa shape index (κ2) is 9.58. The Balaban J connectivity index is 1.28. The maximum absolute atomic E-state index is 5.28. The summed E-state index contributed by atoms with van der Waals surface area (Å²) < 4.78 is 0. The molecule has 0 saturated carbocycles. The van der Waals surface area contributed by atoms with Crippen molar-refractivity contribution in [3.05, 3.63) is 156 Å². The molecule has 0 saturated heterocycles. The zero-order chi connectivity index (χ0) is 31.2. The molecule has 2 aliphatic carbocycles. The predicted molar refractivity (Wildman–Crippen MR) is 191 cm³/mol. The Labute approximate surface area is 270 Å². The van der Waals surface area contributed by atoms with Crippen LogP contribution in [0.4, 0.5) is 0 Å². The third kappa shape index (κ3) is 3.83. The van der Waals surface area contributed by atoms with Gasteiger partial charge in [0.25, 0.3) is 0 Å². The van der Waals surface area contributed by atoms with Gasteiger partial charge in [-0.3, -0.25) is 0 Å². The molecule has 1 aromatic heterocycles. The van der Waals surface area contributed by atoms with Gasteiger partial charge in [-0.05, 0) is 79.5 Å². The fourth-order valence-corrected chi connectivity index (χ4v) is 8.01. The maximum Gasteiger partial charge on any atom is 0.160 e. The van der Waals surface area contributed by atoms with Crippen molar-refractivity contribution >= 4 is 10.8 Å². The van der Waals surface area contributed by atoms with E-state index in [1.54, 1.807) is 0 Å². The molecule has 9 rings (SSSR count). The van der Waals surface area contributed by atoms with Gasteiger partial charge in [0, 0.05) is 27.5 Å². The van der Waals surface area contributed by atoms with Crippen molar-refractivity contribution in [1.82, 2.24) is 9.97 Å². The highest BCUT2D eigenvalue weighted by molar-refractivity contribution is 5.98. The number of hydrogen-bond donors (Lipinski definition) is 0. The zero-order valence-corrected chi connectivity index (χ0v) is 26.6. The van der Waals surface area contributed by atoms with Crippen LogP contribution >= 0.6 is 0 Å². The van der Waals surface area contributed by atoms with Crippen molar-refractivity contribution in [1.29, 1.82) is 0 Å². The first kappa shape index (κ1) is 27.0. The summed E-state index contributed by atoms with van der Waals surface area (Å²) in [6.45, 7) is 9.35. The van der Waals surface area contributed by atoms with Gasteiger partial charge in [0.2, 0.25) is 0 Å². The maximum atomic E-state index is 5.28. The van der Waals surface area contributed by atoms with Gasteiger partial charge in [-0.25, -0.2) is 9.97 Å². The average Bonchev–Trinajstić information content (AvgIpc) is 3.46. The van der Waals surface area contributed by atoms with Gasteiger partial charge in [-0.15, -0.1) is 0 Å². The van der Waals surface area contributed by atoms with Gasteiger partial charge >= 0.3 is 0 Å². The molecule has 0 aliphatic heterocycles. The van der Waals surface area contributed by atoms with Gasteiger partial charge in [-0.2, -0.15) is 0 Å². The fraction of sp³-hybridized carbons (Fsp3) is 0.136. The summed E-state index contributed by atoms with van der Waals surface area (Å²) in [7, 11) is 0. The summed E-state index contributed by atoms with van der Waals surface area (Å²) >= 11 is 0. The molecule has 2 nitrogen and oxygen atoms in total. The molecule has 2 aliphatic rings. The Kier molecular flexibility index (Phi) is 5.63. The number of hydrogen-bond acceptors (Lipinski definition) is 2. The Morgan fingerprint density at radius 2 is 1.02 bits per heavy atom. The predicted octanol–water partition coefficient (Wildman–Crippen LogP) is 11.2. The standard InChI is InChI=1S/C44H34N2/c1-43(2)35-19-11-10-17-31(35)33-24-30(21-22-36(33)43)39-26-40(46-42(45-39)27-13-6-5-7-14-27)32-18-12-20-37-41(32)34-23-28-15-8-9-16-29(28)25-38(34)44(37,3)4/h5-26H,1-4H3. The van der Waals surface area contributed by atoms with E-state index in [0.29, 0.717) is 0 Å². The molecule has 0 radical (unpaired) electrons. The lowest BCUT2D eigenvalue weighted by Gasteiger charge is -2.22.